The Morgan fingerprint density at radius 1 is 1.05 bits per heavy atom. The molecule has 2 saturated heterocycles. The van der Waals surface area contributed by atoms with Gasteiger partial charge in [0.25, 0.3) is 5.91 Å². The van der Waals surface area contributed by atoms with Gasteiger partial charge in [-0.2, -0.15) is 0 Å². The van der Waals surface area contributed by atoms with Crippen molar-refractivity contribution in [3.63, 3.8) is 0 Å². The van der Waals surface area contributed by atoms with Crippen LogP contribution in [0.1, 0.15) is 61.9 Å². The molecule has 2 aliphatic rings. The summed E-state index contributed by atoms with van der Waals surface area (Å²) in [6, 6.07) is 14.1. The number of hydrogen-bond acceptors (Lipinski definition) is 5. The normalized spacial score (nSPS) is 20.0. The van der Waals surface area contributed by atoms with Crippen molar-refractivity contribution < 1.29 is 14.0 Å². The van der Waals surface area contributed by atoms with Gasteiger partial charge in [0.2, 0.25) is 11.8 Å². The number of carbonyl (C=O) groups excluding carboxylic acids is 2. The van der Waals surface area contributed by atoms with E-state index >= 15 is 0 Å². The topological polar surface area (TPSA) is 78.7 Å². The largest absolute Gasteiger partial charge is 0.436 e. The molecule has 3 aromatic rings. The summed E-state index contributed by atoms with van der Waals surface area (Å²) in [6.45, 7) is 10.5. The van der Waals surface area contributed by atoms with E-state index in [4.69, 9.17) is 4.42 Å². The first kappa shape index (κ1) is 26.4. The molecular weight excluding hydrogens is 476 g/mol. The van der Waals surface area contributed by atoms with Crippen LogP contribution in [0.2, 0.25) is 0 Å². The molecule has 7 nitrogen and oxygen atoms in total. The minimum atomic E-state index is -0.0438. The summed E-state index contributed by atoms with van der Waals surface area (Å²) < 4.78 is 5.93. The van der Waals surface area contributed by atoms with Gasteiger partial charge >= 0.3 is 0 Å². The van der Waals surface area contributed by atoms with Gasteiger partial charge in [0, 0.05) is 49.3 Å². The number of amides is 2. The second-order valence-electron chi connectivity index (χ2n) is 11.2. The van der Waals surface area contributed by atoms with E-state index in [1.165, 1.54) is 24.8 Å². The van der Waals surface area contributed by atoms with Crippen molar-refractivity contribution in [1.82, 2.24) is 20.1 Å². The first-order valence-electron chi connectivity index (χ1n) is 14.2. The number of benzene rings is 2. The predicted molar refractivity (Wildman–Crippen MR) is 150 cm³/mol. The molecule has 2 atom stereocenters. The fourth-order valence-electron chi connectivity index (χ4n) is 5.85. The highest BCUT2D eigenvalue weighted by molar-refractivity contribution is 5.97. The molecule has 0 spiro atoms. The molecule has 2 amide bonds. The van der Waals surface area contributed by atoms with Crippen molar-refractivity contribution in [3.05, 3.63) is 53.6 Å². The van der Waals surface area contributed by atoms with Crippen LogP contribution in [-0.4, -0.2) is 65.4 Å². The lowest BCUT2D eigenvalue weighted by Gasteiger charge is -2.35. The van der Waals surface area contributed by atoms with Crippen molar-refractivity contribution in [2.24, 2.45) is 11.8 Å². The van der Waals surface area contributed by atoms with Crippen LogP contribution in [0.5, 0.6) is 0 Å². The first-order chi connectivity index (χ1) is 18.4. The molecule has 0 saturated carbocycles. The number of likely N-dealkylation sites (tertiary alicyclic amines) is 2. The van der Waals surface area contributed by atoms with Crippen LogP contribution in [0.15, 0.2) is 46.9 Å². The van der Waals surface area contributed by atoms with E-state index in [1.807, 2.05) is 61.2 Å². The number of fused-ring (bicyclic) bond motifs is 1. The third-order valence-electron chi connectivity index (χ3n) is 8.52. The zero-order valence-corrected chi connectivity index (χ0v) is 22.9. The standard InChI is InChI=1S/C31H40N4O3/c1-21-7-9-25(10-8-21)30-33-27-20-26(11-12-28(27)38-30)31(37)35-17-13-24(14-18-35)23(3)29(36)32-15-19-34-16-5-4-6-22(34)2/h7-12,20,22-24H,4-6,13-19H2,1-3H3,(H,32,36)/t22-,23+/m0/s1. The molecule has 1 aromatic heterocycles. The highest BCUT2D eigenvalue weighted by Gasteiger charge is 2.30. The summed E-state index contributed by atoms with van der Waals surface area (Å²) in [6.07, 6.45) is 5.50. The first-order valence-corrected chi connectivity index (χ1v) is 14.2. The summed E-state index contributed by atoms with van der Waals surface area (Å²) in [5.74, 6) is 0.960. The molecule has 0 bridgehead atoms. The molecule has 0 radical (unpaired) electrons. The molecule has 38 heavy (non-hydrogen) atoms. The third-order valence-corrected chi connectivity index (χ3v) is 8.52. The zero-order chi connectivity index (χ0) is 26.6. The Morgan fingerprint density at radius 2 is 1.82 bits per heavy atom. The van der Waals surface area contributed by atoms with E-state index in [1.54, 1.807) is 0 Å². The predicted octanol–water partition coefficient (Wildman–Crippen LogP) is 5.28. The van der Waals surface area contributed by atoms with E-state index in [0.717, 1.165) is 31.5 Å². The van der Waals surface area contributed by atoms with Gasteiger partial charge in [-0.3, -0.25) is 14.5 Å². The fourth-order valence-corrected chi connectivity index (χ4v) is 5.85. The number of oxazole rings is 1. The van der Waals surface area contributed by atoms with Crippen molar-refractivity contribution in [1.29, 1.82) is 0 Å². The van der Waals surface area contributed by atoms with Gasteiger partial charge in [0.1, 0.15) is 5.52 Å². The molecule has 2 aliphatic heterocycles. The number of rotatable bonds is 7. The Bertz CT molecular complexity index is 1260. The highest BCUT2D eigenvalue weighted by Crippen LogP contribution is 2.28. The van der Waals surface area contributed by atoms with Gasteiger partial charge in [0.15, 0.2) is 5.58 Å². The van der Waals surface area contributed by atoms with Gasteiger partial charge in [-0.05, 0) is 82.3 Å². The van der Waals surface area contributed by atoms with Gasteiger partial charge in [-0.15, -0.1) is 0 Å². The molecule has 202 valence electrons. The maximum Gasteiger partial charge on any atom is 0.253 e. The monoisotopic (exact) mass is 516 g/mol. The summed E-state index contributed by atoms with van der Waals surface area (Å²) >= 11 is 0. The Hall–Kier alpha value is -3.19. The summed E-state index contributed by atoms with van der Waals surface area (Å²) in [4.78, 5) is 35.1. The Labute approximate surface area is 225 Å². The van der Waals surface area contributed by atoms with Crippen molar-refractivity contribution in [2.75, 3.05) is 32.7 Å². The lowest BCUT2D eigenvalue weighted by molar-refractivity contribution is -0.126. The number of piperidine rings is 2. The maximum absolute atomic E-state index is 13.3. The number of aryl methyl sites for hydroxylation is 1. The van der Waals surface area contributed by atoms with E-state index in [0.29, 0.717) is 54.1 Å². The Morgan fingerprint density at radius 3 is 2.55 bits per heavy atom. The molecular formula is C31H40N4O3. The number of carbonyl (C=O) groups is 2. The summed E-state index contributed by atoms with van der Waals surface area (Å²) in [5, 5.41) is 3.16. The lowest BCUT2D eigenvalue weighted by Crippen LogP contribution is -2.45. The number of nitrogens with zero attached hydrogens (tertiary/aromatic N) is 3. The van der Waals surface area contributed by atoms with Crippen molar-refractivity contribution in [2.45, 2.75) is 58.9 Å². The molecule has 1 N–H and O–H groups in total. The quantitative estimate of drug-likeness (QED) is 0.462. The summed E-state index contributed by atoms with van der Waals surface area (Å²) in [7, 11) is 0. The number of aromatic nitrogens is 1. The molecule has 3 heterocycles. The van der Waals surface area contributed by atoms with E-state index in [-0.39, 0.29) is 17.7 Å². The second-order valence-corrected chi connectivity index (χ2v) is 11.2. The molecule has 2 fully saturated rings. The zero-order valence-electron chi connectivity index (χ0n) is 22.9. The minimum absolute atomic E-state index is 0.0120. The van der Waals surface area contributed by atoms with E-state index in [2.05, 4.69) is 22.1 Å². The maximum atomic E-state index is 13.3. The Balaban J connectivity index is 1.13. The van der Waals surface area contributed by atoms with Gasteiger partial charge < -0.3 is 14.6 Å². The molecule has 2 aromatic carbocycles. The number of hydrogen-bond donors (Lipinski definition) is 1. The SMILES string of the molecule is Cc1ccc(-c2nc3cc(C(=O)N4CCC([C@@H](C)C(=O)NCCN5CCCC[C@@H]5C)CC4)ccc3o2)cc1. The Kier molecular flexibility index (Phi) is 8.12. The molecule has 0 unspecified atom stereocenters. The summed E-state index contributed by atoms with van der Waals surface area (Å²) in [5.41, 5.74) is 4.08. The van der Waals surface area contributed by atoms with Gasteiger partial charge in [0.05, 0.1) is 0 Å². The van der Waals surface area contributed by atoms with Crippen LogP contribution in [0.25, 0.3) is 22.6 Å². The van der Waals surface area contributed by atoms with Gasteiger partial charge in [-0.25, -0.2) is 4.98 Å². The van der Waals surface area contributed by atoms with Crippen LogP contribution < -0.4 is 5.32 Å². The van der Waals surface area contributed by atoms with Crippen LogP contribution in [0.3, 0.4) is 0 Å². The fraction of sp³-hybridized carbons (Fsp3) is 0.516. The average Bonchev–Trinajstić information content (AvgIpc) is 3.37. The minimum Gasteiger partial charge on any atom is -0.436 e. The second kappa shape index (κ2) is 11.7. The molecule has 7 heteroatoms. The van der Waals surface area contributed by atoms with Gasteiger partial charge in [-0.1, -0.05) is 31.0 Å². The lowest BCUT2D eigenvalue weighted by atomic mass is 9.84. The van der Waals surface area contributed by atoms with Crippen LogP contribution in [0, 0.1) is 18.8 Å². The van der Waals surface area contributed by atoms with E-state index in [9.17, 15) is 9.59 Å². The van der Waals surface area contributed by atoms with Crippen LogP contribution >= 0.6 is 0 Å². The third kappa shape index (κ3) is 5.93. The molecule has 0 aliphatic carbocycles. The van der Waals surface area contributed by atoms with Crippen LogP contribution in [0.4, 0.5) is 0 Å². The molecule has 5 rings (SSSR count). The van der Waals surface area contributed by atoms with Crippen molar-refractivity contribution in [3.8, 4) is 11.5 Å². The highest BCUT2D eigenvalue weighted by atomic mass is 16.3. The van der Waals surface area contributed by atoms with Crippen molar-refractivity contribution >= 4 is 22.9 Å². The smallest absolute Gasteiger partial charge is 0.253 e. The average molecular weight is 517 g/mol. The number of nitrogens with one attached hydrogen (secondary N) is 1. The van der Waals surface area contributed by atoms with E-state index < -0.39 is 0 Å². The van der Waals surface area contributed by atoms with Crippen LogP contribution in [-0.2, 0) is 4.79 Å².